The number of rotatable bonds is 5. The van der Waals surface area contributed by atoms with Crippen molar-refractivity contribution < 1.29 is 0 Å². The van der Waals surface area contributed by atoms with Crippen LogP contribution in [-0.2, 0) is 13.1 Å². The van der Waals surface area contributed by atoms with Gasteiger partial charge < -0.3 is 10.6 Å². The van der Waals surface area contributed by atoms with Crippen molar-refractivity contribution >= 4 is 21.7 Å². The van der Waals surface area contributed by atoms with Crippen LogP contribution in [0.2, 0.25) is 0 Å². The molecule has 0 saturated heterocycles. The lowest BCUT2D eigenvalue weighted by Crippen LogP contribution is -2.10. The fraction of sp³-hybridized carbons (Fsp3) is 0.286. The molecule has 0 amide bonds. The van der Waals surface area contributed by atoms with Gasteiger partial charge in [0.25, 0.3) is 0 Å². The van der Waals surface area contributed by atoms with Crippen LogP contribution in [-0.4, -0.2) is 17.0 Å². The monoisotopic (exact) mass is 320 g/mol. The maximum atomic E-state index is 4.43. The lowest BCUT2D eigenvalue weighted by atomic mass is 10.1. The maximum Gasteiger partial charge on any atom is 0.144 e. The van der Waals surface area contributed by atoms with E-state index < -0.39 is 0 Å². The Morgan fingerprint density at radius 3 is 2.84 bits per heavy atom. The molecule has 19 heavy (non-hydrogen) atoms. The molecule has 0 saturated carbocycles. The van der Waals surface area contributed by atoms with Gasteiger partial charge in [0.15, 0.2) is 0 Å². The predicted molar refractivity (Wildman–Crippen MR) is 81.0 cm³/mol. The first-order valence-electron chi connectivity index (χ1n) is 6.14. The van der Waals surface area contributed by atoms with E-state index >= 15 is 0 Å². The van der Waals surface area contributed by atoms with Crippen molar-refractivity contribution in [3.05, 3.63) is 51.9 Å². The highest BCUT2D eigenvalue weighted by molar-refractivity contribution is 9.10. The van der Waals surface area contributed by atoms with Gasteiger partial charge in [0.2, 0.25) is 0 Å². The zero-order valence-electron chi connectivity index (χ0n) is 11.1. The van der Waals surface area contributed by atoms with Crippen molar-refractivity contribution in [2.24, 2.45) is 0 Å². The Morgan fingerprint density at radius 1 is 1.21 bits per heavy atom. The second-order valence-electron chi connectivity index (χ2n) is 4.31. The van der Waals surface area contributed by atoms with Crippen molar-refractivity contribution in [3.63, 3.8) is 0 Å². The summed E-state index contributed by atoms with van der Waals surface area (Å²) in [6.07, 6.45) is 1.77. The van der Waals surface area contributed by atoms with Gasteiger partial charge in [-0.3, -0.25) is 0 Å². The molecule has 0 aliphatic carbocycles. The minimum absolute atomic E-state index is 0.672. The Kier molecular flexibility index (Phi) is 4.87. The third kappa shape index (κ3) is 4.01. The molecule has 4 nitrogen and oxygen atoms in total. The molecule has 0 radical (unpaired) electrons. The number of aromatic nitrogens is 2. The molecule has 0 unspecified atom stereocenters. The van der Waals surface area contributed by atoms with Crippen molar-refractivity contribution in [2.75, 3.05) is 12.4 Å². The van der Waals surface area contributed by atoms with Gasteiger partial charge in [-0.2, -0.15) is 0 Å². The molecule has 1 heterocycles. The van der Waals surface area contributed by atoms with Gasteiger partial charge in [-0.15, -0.1) is 0 Å². The van der Waals surface area contributed by atoms with E-state index in [9.17, 15) is 0 Å². The van der Waals surface area contributed by atoms with Crippen LogP contribution in [0.3, 0.4) is 0 Å². The molecule has 2 N–H and O–H groups in total. The van der Waals surface area contributed by atoms with Gasteiger partial charge in [0.1, 0.15) is 11.6 Å². The Balaban J connectivity index is 2.05. The van der Waals surface area contributed by atoms with Gasteiger partial charge in [-0.05, 0) is 43.3 Å². The first-order valence-corrected chi connectivity index (χ1v) is 6.94. The Labute approximate surface area is 121 Å². The SMILES string of the molecule is CNCc1nccc(NCc2cc(Br)ccc2C)n1. The van der Waals surface area contributed by atoms with E-state index in [2.05, 4.69) is 61.7 Å². The number of hydrogen-bond acceptors (Lipinski definition) is 4. The van der Waals surface area contributed by atoms with Crippen molar-refractivity contribution in [2.45, 2.75) is 20.0 Å². The molecular weight excluding hydrogens is 304 g/mol. The molecule has 2 aromatic rings. The number of aryl methyl sites for hydroxylation is 1. The summed E-state index contributed by atoms with van der Waals surface area (Å²) in [5.41, 5.74) is 2.52. The lowest BCUT2D eigenvalue weighted by Gasteiger charge is -2.09. The quantitative estimate of drug-likeness (QED) is 0.889. The molecular formula is C14H17BrN4. The largest absolute Gasteiger partial charge is 0.366 e. The number of anilines is 1. The molecule has 0 aliphatic heterocycles. The summed E-state index contributed by atoms with van der Waals surface area (Å²) in [6.45, 7) is 3.53. The van der Waals surface area contributed by atoms with Crippen LogP contribution in [0.5, 0.6) is 0 Å². The highest BCUT2D eigenvalue weighted by Crippen LogP contribution is 2.17. The molecule has 100 valence electrons. The molecule has 1 aromatic heterocycles. The van der Waals surface area contributed by atoms with E-state index in [1.165, 1.54) is 11.1 Å². The standard InChI is InChI=1S/C14H17BrN4/c1-10-3-4-12(15)7-11(10)8-18-13-5-6-17-14(19-13)9-16-2/h3-7,16H,8-9H2,1-2H3,(H,17,18,19). The summed E-state index contributed by atoms with van der Waals surface area (Å²) in [4.78, 5) is 8.63. The third-order valence-electron chi connectivity index (χ3n) is 2.81. The van der Waals surface area contributed by atoms with Crippen LogP contribution in [0, 0.1) is 6.92 Å². The highest BCUT2D eigenvalue weighted by atomic mass is 79.9. The number of nitrogens with zero attached hydrogens (tertiary/aromatic N) is 2. The summed E-state index contributed by atoms with van der Waals surface area (Å²) in [5, 5.41) is 6.37. The number of hydrogen-bond donors (Lipinski definition) is 2. The first-order chi connectivity index (χ1) is 9.19. The van der Waals surface area contributed by atoms with Gasteiger partial charge in [-0.25, -0.2) is 9.97 Å². The number of halogens is 1. The maximum absolute atomic E-state index is 4.43. The minimum Gasteiger partial charge on any atom is -0.366 e. The van der Waals surface area contributed by atoms with Crippen molar-refractivity contribution in [1.29, 1.82) is 0 Å². The molecule has 0 aliphatic rings. The zero-order chi connectivity index (χ0) is 13.7. The first kappa shape index (κ1) is 14.0. The average molecular weight is 321 g/mol. The number of nitrogens with one attached hydrogen (secondary N) is 2. The third-order valence-corrected chi connectivity index (χ3v) is 3.30. The van der Waals surface area contributed by atoms with E-state index in [4.69, 9.17) is 0 Å². The summed E-state index contributed by atoms with van der Waals surface area (Å²) in [7, 11) is 1.88. The van der Waals surface area contributed by atoms with Gasteiger partial charge in [0, 0.05) is 17.2 Å². The van der Waals surface area contributed by atoms with Gasteiger partial charge in [-0.1, -0.05) is 22.0 Å². The Morgan fingerprint density at radius 2 is 2.05 bits per heavy atom. The Hall–Kier alpha value is -1.46. The normalized spacial score (nSPS) is 10.5. The smallest absolute Gasteiger partial charge is 0.144 e. The molecule has 0 spiro atoms. The van der Waals surface area contributed by atoms with Crippen LogP contribution >= 0.6 is 15.9 Å². The van der Waals surface area contributed by atoms with Gasteiger partial charge in [0.05, 0.1) is 6.54 Å². The van der Waals surface area contributed by atoms with Crippen LogP contribution in [0.4, 0.5) is 5.82 Å². The topological polar surface area (TPSA) is 49.8 Å². The van der Waals surface area contributed by atoms with Crippen molar-refractivity contribution in [3.8, 4) is 0 Å². The van der Waals surface area contributed by atoms with Crippen LogP contribution in [0.1, 0.15) is 17.0 Å². The second kappa shape index (κ2) is 6.63. The molecule has 0 fully saturated rings. The molecule has 2 rings (SSSR count). The summed E-state index contributed by atoms with van der Waals surface area (Å²) in [5.74, 6) is 1.64. The minimum atomic E-state index is 0.672. The summed E-state index contributed by atoms with van der Waals surface area (Å²) < 4.78 is 1.09. The predicted octanol–water partition coefficient (Wildman–Crippen LogP) is 2.88. The van der Waals surface area contributed by atoms with Crippen LogP contribution < -0.4 is 10.6 Å². The van der Waals surface area contributed by atoms with Crippen LogP contribution in [0.25, 0.3) is 0 Å². The van der Waals surface area contributed by atoms with Crippen molar-refractivity contribution in [1.82, 2.24) is 15.3 Å². The highest BCUT2D eigenvalue weighted by Gasteiger charge is 2.01. The Bertz CT molecular complexity index is 557. The van der Waals surface area contributed by atoms with E-state index in [1.807, 2.05) is 13.1 Å². The van der Waals surface area contributed by atoms with E-state index in [-0.39, 0.29) is 0 Å². The summed E-state index contributed by atoms with van der Waals surface area (Å²) >= 11 is 3.49. The number of benzene rings is 1. The molecule has 0 bridgehead atoms. The van der Waals surface area contributed by atoms with E-state index in [1.54, 1.807) is 6.20 Å². The van der Waals surface area contributed by atoms with E-state index in [0.717, 1.165) is 22.7 Å². The molecule has 1 aromatic carbocycles. The van der Waals surface area contributed by atoms with Crippen LogP contribution in [0.15, 0.2) is 34.9 Å². The zero-order valence-corrected chi connectivity index (χ0v) is 12.7. The van der Waals surface area contributed by atoms with Gasteiger partial charge >= 0.3 is 0 Å². The second-order valence-corrected chi connectivity index (χ2v) is 5.23. The molecule has 5 heteroatoms. The summed E-state index contributed by atoms with van der Waals surface area (Å²) in [6, 6.07) is 8.16. The fourth-order valence-electron chi connectivity index (χ4n) is 1.76. The molecule has 0 atom stereocenters. The lowest BCUT2D eigenvalue weighted by molar-refractivity contribution is 0.758. The van der Waals surface area contributed by atoms with E-state index in [0.29, 0.717) is 6.54 Å². The average Bonchev–Trinajstić information content (AvgIpc) is 2.41. The fourth-order valence-corrected chi connectivity index (χ4v) is 2.17.